The van der Waals surface area contributed by atoms with Gasteiger partial charge in [0.2, 0.25) is 0 Å². The molecule has 2 rings (SSSR count). The molecule has 0 saturated heterocycles. The van der Waals surface area contributed by atoms with Crippen LogP contribution in [0.5, 0.6) is 0 Å². The highest BCUT2D eigenvalue weighted by atomic mass is 19.1. The molecule has 0 radical (unpaired) electrons. The minimum absolute atomic E-state index is 0.333. The lowest BCUT2D eigenvalue weighted by Gasteiger charge is -2.15. The Hall–Kier alpha value is -1.98. The number of halogens is 1. The lowest BCUT2D eigenvalue weighted by Crippen LogP contribution is -2.36. The first-order valence-electron chi connectivity index (χ1n) is 3.97. The van der Waals surface area contributed by atoms with Crippen molar-refractivity contribution >= 4 is 12.0 Å². The number of hydrogen-bond acceptors (Lipinski definition) is 5. The molecule has 0 fully saturated rings. The number of rotatable bonds is 2. The van der Waals surface area contributed by atoms with E-state index in [0.717, 1.165) is 0 Å². The van der Waals surface area contributed by atoms with Crippen LogP contribution in [0.1, 0.15) is 0 Å². The third-order valence-corrected chi connectivity index (χ3v) is 1.81. The Bertz CT molecular complexity index is 364. The van der Waals surface area contributed by atoms with E-state index in [1.165, 1.54) is 29.3 Å². The predicted octanol–water partition coefficient (Wildman–Crippen LogP) is 1.04. The van der Waals surface area contributed by atoms with E-state index in [1.54, 1.807) is 0 Å². The van der Waals surface area contributed by atoms with E-state index in [0.29, 0.717) is 12.0 Å². The van der Waals surface area contributed by atoms with Crippen LogP contribution in [0, 0.1) is 5.82 Å². The van der Waals surface area contributed by atoms with Crippen LogP contribution in [0.15, 0.2) is 34.7 Å². The zero-order valence-corrected chi connectivity index (χ0v) is 7.09. The van der Waals surface area contributed by atoms with Crippen molar-refractivity contribution in [2.24, 2.45) is 10.4 Å². The maximum atomic E-state index is 12.6. The first-order chi connectivity index (χ1) is 6.81. The zero-order chi connectivity index (χ0) is 9.97. The van der Waals surface area contributed by atoms with Gasteiger partial charge < -0.3 is 0 Å². The van der Waals surface area contributed by atoms with Gasteiger partial charge in [0, 0.05) is 0 Å². The van der Waals surface area contributed by atoms with E-state index in [-0.39, 0.29) is 5.82 Å². The highest BCUT2D eigenvalue weighted by Crippen LogP contribution is 2.19. The van der Waals surface area contributed by atoms with Crippen molar-refractivity contribution < 1.29 is 9.18 Å². The summed E-state index contributed by atoms with van der Waals surface area (Å²) in [5, 5.41) is 8.54. The van der Waals surface area contributed by atoms with Crippen molar-refractivity contribution in [1.29, 1.82) is 0 Å². The molecule has 0 amide bonds. The average molecular weight is 194 g/mol. The molecule has 1 aliphatic rings. The topological polar surface area (TPSA) is 57.1 Å². The average Bonchev–Trinajstić information content (AvgIpc) is 2.67. The highest BCUT2D eigenvalue weighted by molar-refractivity contribution is 5.65. The van der Waals surface area contributed by atoms with Gasteiger partial charge in [-0.1, -0.05) is 5.22 Å². The van der Waals surface area contributed by atoms with Crippen LogP contribution >= 0.6 is 0 Å². The highest BCUT2D eigenvalue weighted by Gasteiger charge is 2.22. The molecule has 1 aromatic rings. The number of carbonyl (C=O) groups excluding carboxylic acids is 1. The fourth-order valence-corrected chi connectivity index (χ4v) is 1.14. The third kappa shape index (κ3) is 1.41. The molecule has 1 heterocycles. The van der Waals surface area contributed by atoms with E-state index < -0.39 is 6.17 Å². The Morgan fingerprint density at radius 1 is 1.43 bits per heavy atom. The lowest BCUT2D eigenvalue weighted by molar-refractivity contribution is -0.109. The van der Waals surface area contributed by atoms with Crippen LogP contribution in [0.25, 0.3) is 0 Å². The molecule has 0 aliphatic carbocycles. The van der Waals surface area contributed by atoms with Gasteiger partial charge in [-0.25, -0.2) is 9.40 Å². The maximum Gasteiger partial charge on any atom is 0.195 e. The van der Waals surface area contributed by atoms with Crippen LogP contribution in [0.4, 0.5) is 10.1 Å². The minimum atomic E-state index is -0.611. The summed E-state index contributed by atoms with van der Waals surface area (Å²) in [6.07, 6.45) is 0.0593. The van der Waals surface area contributed by atoms with Gasteiger partial charge >= 0.3 is 0 Å². The van der Waals surface area contributed by atoms with Gasteiger partial charge in [-0.05, 0) is 29.5 Å². The minimum Gasteiger partial charge on any atom is -0.299 e. The second-order valence-corrected chi connectivity index (χ2v) is 2.72. The molecule has 0 aromatic heterocycles. The number of hydrogen-bond donors (Lipinski definition) is 1. The van der Waals surface area contributed by atoms with E-state index in [9.17, 15) is 9.18 Å². The molecular weight excluding hydrogens is 187 g/mol. The second-order valence-electron chi connectivity index (χ2n) is 2.72. The van der Waals surface area contributed by atoms with Gasteiger partial charge in [-0.15, -0.1) is 0 Å². The third-order valence-electron chi connectivity index (χ3n) is 1.81. The molecule has 1 atom stereocenters. The standard InChI is InChI=1S/C8H7FN4O/c9-6-1-3-7(4-2-6)13-8(5-14)10-11-12-13/h1-5,8H,(H,10,12). The summed E-state index contributed by atoms with van der Waals surface area (Å²) in [7, 11) is 0. The molecule has 6 heteroatoms. The van der Waals surface area contributed by atoms with Gasteiger partial charge in [-0.2, -0.15) is 0 Å². The van der Waals surface area contributed by atoms with Gasteiger partial charge in [-0.3, -0.25) is 10.2 Å². The van der Waals surface area contributed by atoms with Crippen LogP contribution in [-0.2, 0) is 4.79 Å². The smallest absolute Gasteiger partial charge is 0.195 e. The summed E-state index contributed by atoms with van der Waals surface area (Å²) in [4.78, 5) is 10.6. The second kappa shape index (κ2) is 3.41. The van der Waals surface area contributed by atoms with Crippen LogP contribution < -0.4 is 10.4 Å². The molecule has 0 bridgehead atoms. The number of benzene rings is 1. The van der Waals surface area contributed by atoms with Crippen molar-refractivity contribution in [3.63, 3.8) is 0 Å². The van der Waals surface area contributed by atoms with Crippen LogP contribution in [0.2, 0.25) is 0 Å². The first kappa shape index (κ1) is 8.61. The molecule has 0 spiro atoms. The Morgan fingerprint density at radius 2 is 2.14 bits per heavy atom. The van der Waals surface area contributed by atoms with E-state index in [4.69, 9.17) is 0 Å². The van der Waals surface area contributed by atoms with Gasteiger partial charge in [0.05, 0.1) is 5.69 Å². The quantitative estimate of drug-likeness (QED) is 0.715. The van der Waals surface area contributed by atoms with Crippen LogP contribution in [0.3, 0.4) is 0 Å². The summed E-state index contributed by atoms with van der Waals surface area (Å²) < 4.78 is 12.6. The summed E-state index contributed by atoms with van der Waals surface area (Å²) >= 11 is 0. The summed E-state index contributed by atoms with van der Waals surface area (Å²) in [6, 6.07) is 5.64. The van der Waals surface area contributed by atoms with E-state index >= 15 is 0 Å². The van der Waals surface area contributed by atoms with Crippen molar-refractivity contribution in [2.45, 2.75) is 6.17 Å². The normalized spacial score (nSPS) is 19.5. The number of nitrogens with one attached hydrogen (secondary N) is 1. The molecule has 1 aromatic carbocycles. The molecular formula is C8H7FN4O. The number of nitrogens with zero attached hydrogens (tertiary/aromatic N) is 3. The summed E-state index contributed by atoms with van der Waals surface area (Å²) in [5.41, 5.74) is 3.10. The Morgan fingerprint density at radius 3 is 2.79 bits per heavy atom. The number of anilines is 1. The van der Waals surface area contributed by atoms with Gasteiger partial charge in [0.15, 0.2) is 12.5 Å². The zero-order valence-electron chi connectivity index (χ0n) is 7.09. The Balaban J connectivity index is 2.26. The van der Waals surface area contributed by atoms with E-state index in [1.807, 2.05) is 0 Å². The lowest BCUT2D eigenvalue weighted by atomic mass is 10.3. The molecule has 5 nitrogen and oxygen atoms in total. The monoisotopic (exact) mass is 194 g/mol. The largest absolute Gasteiger partial charge is 0.299 e. The number of carbonyl (C=O) groups is 1. The van der Waals surface area contributed by atoms with Gasteiger partial charge in [0.1, 0.15) is 5.82 Å². The Labute approximate surface area is 79.2 Å². The predicted molar refractivity (Wildman–Crippen MR) is 46.7 cm³/mol. The van der Waals surface area contributed by atoms with Crippen molar-refractivity contribution in [3.05, 3.63) is 30.1 Å². The SMILES string of the molecule is O=CC1NN=NN1c1ccc(F)cc1. The van der Waals surface area contributed by atoms with Crippen molar-refractivity contribution in [1.82, 2.24) is 5.43 Å². The number of aldehydes is 1. The fraction of sp³-hybridized carbons (Fsp3) is 0.125. The molecule has 1 aliphatic heterocycles. The molecule has 1 N–H and O–H groups in total. The Kier molecular flexibility index (Phi) is 2.10. The summed E-state index contributed by atoms with van der Waals surface area (Å²) in [6.45, 7) is 0. The first-order valence-corrected chi connectivity index (χ1v) is 3.97. The van der Waals surface area contributed by atoms with Crippen LogP contribution in [-0.4, -0.2) is 12.5 Å². The maximum absolute atomic E-state index is 12.6. The summed E-state index contributed by atoms with van der Waals surface area (Å²) in [5.74, 6) is -0.333. The van der Waals surface area contributed by atoms with Crippen molar-refractivity contribution in [2.75, 3.05) is 5.01 Å². The molecule has 72 valence electrons. The van der Waals surface area contributed by atoms with Gasteiger partial charge in [0.25, 0.3) is 0 Å². The van der Waals surface area contributed by atoms with E-state index in [2.05, 4.69) is 15.9 Å². The molecule has 14 heavy (non-hydrogen) atoms. The molecule has 0 saturated carbocycles. The molecule has 1 unspecified atom stereocenters. The fourth-order valence-electron chi connectivity index (χ4n) is 1.14. The van der Waals surface area contributed by atoms with Crippen molar-refractivity contribution in [3.8, 4) is 0 Å².